The third kappa shape index (κ3) is 4.57. The molecule has 0 aliphatic rings. The zero-order chi connectivity index (χ0) is 18.6. The van der Waals surface area contributed by atoms with Gasteiger partial charge in [-0.2, -0.15) is 0 Å². The number of carbonyl (C=O) groups is 2. The van der Waals surface area contributed by atoms with Gasteiger partial charge in [0.1, 0.15) is 10.7 Å². The topological polar surface area (TPSA) is 99.0 Å². The first-order chi connectivity index (χ1) is 11.9. The highest BCUT2D eigenvalue weighted by Gasteiger charge is 2.18. The van der Waals surface area contributed by atoms with E-state index >= 15 is 0 Å². The average molecular weight is 383 g/mol. The highest BCUT2D eigenvalue weighted by atomic mass is 32.2. The van der Waals surface area contributed by atoms with Crippen LogP contribution < -0.4 is 5.32 Å². The number of aromatic nitrogens is 4. The van der Waals surface area contributed by atoms with Gasteiger partial charge in [0.15, 0.2) is 10.3 Å². The molecule has 0 fully saturated rings. The Morgan fingerprint density at radius 2 is 2.08 bits per heavy atom. The Morgan fingerprint density at radius 3 is 2.68 bits per heavy atom. The van der Waals surface area contributed by atoms with Crippen molar-refractivity contribution in [1.29, 1.82) is 0 Å². The number of aryl methyl sites for hydroxylation is 1. The van der Waals surface area contributed by atoms with E-state index in [2.05, 4.69) is 39.1 Å². The molecule has 2 rings (SSSR count). The molecule has 0 atom stereocenters. The first kappa shape index (κ1) is 19.4. The van der Waals surface area contributed by atoms with Gasteiger partial charge < -0.3 is 14.6 Å². The average Bonchev–Trinajstić information content (AvgIpc) is 3.15. The van der Waals surface area contributed by atoms with Crippen LogP contribution in [0, 0.1) is 6.92 Å². The van der Waals surface area contributed by atoms with Crippen molar-refractivity contribution < 1.29 is 14.3 Å². The molecule has 0 bridgehead atoms. The minimum Gasteiger partial charge on any atom is -0.465 e. The highest BCUT2D eigenvalue weighted by molar-refractivity contribution is 7.99. The normalized spacial score (nSPS) is 11.0. The van der Waals surface area contributed by atoms with Crippen LogP contribution in [-0.2, 0) is 16.1 Å². The lowest BCUT2D eigenvalue weighted by molar-refractivity contribution is -0.113. The van der Waals surface area contributed by atoms with Crippen molar-refractivity contribution >= 4 is 40.1 Å². The number of nitrogens with one attached hydrogen (secondary N) is 1. The minimum absolute atomic E-state index is 0.183. The van der Waals surface area contributed by atoms with E-state index < -0.39 is 5.97 Å². The van der Waals surface area contributed by atoms with Crippen LogP contribution in [0.1, 0.15) is 47.9 Å². The lowest BCUT2D eigenvalue weighted by Gasteiger charge is -2.08. The number of thioether (sulfide) groups is 1. The first-order valence-electron chi connectivity index (χ1n) is 7.78. The molecule has 0 saturated carbocycles. The second kappa shape index (κ2) is 8.43. The smallest absolute Gasteiger partial charge is 0.350 e. The summed E-state index contributed by atoms with van der Waals surface area (Å²) in [5, 5.41) is 12.1. The van der Waals surface area contributed by atoms with Gasteiger partial charge in [-0.1, -0.05) is 36.9 Å². The summed E-state index contributed by atoms with van der Waals surface area (Å²) < 4.78 is 6.69. The van der Waals surface area contributed by atoms with Gasteiger partial charge in [0, 0.05) is 12.5 Å². The molecule has 1 amide bonds. The van der Waals surface area contributed by atoms with Crippen molar-refractivity contribution in [3.05, 3.63) is 16.4 Å². The van der Waals surface area contributed by atoms with Gasteiger partial charge in [-0.3, -0.25) is 4.79 Å². The molecule has 8 nitrogen and oxygen atoms in total. The molecule has 2 aromatic rings. The molecular weight excluding hydrogens is 362 g/mol. The molecule has 0 spiro atoms. The number of esters is 1. The number of nitrogens with zero attached hydrogens (tertiary/aromatic N) is 4. The van der Waals surface area contributed by atoms with Crippen molar-refractivity contribution in [2.75, 3.05) is 18.2 Å². The highest BCUT2D eigenvalue weighted by Crippen LogP contribution is 2.24. The lowest BCUT2D eigenvalue weighted by Crippen LogP contribution is -2.14. The molecule has 10 heteroatoms. The quantitative estimate of drug-likeness (QED) is 0.580. The van der Waals surface area contributed by atoms with Gasteiger partial charge in [-0.05, 0) is 13.8 Å². The number of hydrogen-bond donors (Lipinski definition) is 1. The van der Waals surface area contributed by atoms with Crippen molar-refractivity contribution in [3.8, 4) is 0 Å². The maximum Gasteiger partial charge on any atom is 0.350 e. The Morgan fingerprint density at radius 1 is 1.36 bits per heavy atom. The molecule has 2 aromatic heterocycles. The maximum atomic E-state index is 12.1. The maximum absolute atomic E-state index is 12.1. The summed E-state index contributed by atoms with van der Waals surface area (Å²) in [7, 11) is 1.31. The molecular formula is C15H21N5O3S2. The van der Waals surface area contributed by atoms with E-state index in [4.69, 9.17) is 0 Å². The first-order valence-corrected chi connectivity index (χ1v) is 9.59. The van der Waals surface area contributed by atoms with E-state index in [0.717, 1.165) is 23.7 Å². The summed E-state index contributed by atoms with van der Waals surface area (Å²) in [6.45, 7) is 8.58. The fraction of sp³-hybridized carbons (Fsp3) is 0.533. The van der Waals surface area contributed by atoms with Gasteiger partial charge in [0.2, 0.25) is 5.91 Å². The number of carbonyl (C=O) groups excluding carboxylic acids is 2. The standard InChI is InChI=1S/C15H21N5O3S2/c1-6-20-12(8(2)3)18-19-15(20)24-7-10(21)17-14-16-9(4)11(25-14)13(22)23-5/h8H,6-7H2,1-5H3,(H,16,17,21). The molecule has 0 aromatic carbocycles. The SMILES string of the molecule is CCn1c(SCC(=O)Nc2nc(C)c(C(=O)OC)s2)nnc1C(C)C. The third-order valence-corrected chi connectivity index (χ3v) is 5.34. The summed E-state index contributed by atoms with van der Waals surface area (Å²) in [4.78, 5) is 28.3. The summed E-state index contributed by atoms with van der Waals surface area (Å²) in [5.41, 5.74) is 0.534. The summed E-state index contributed by atoms with van der Waals surface area (Å²) in [5.74, 6) is 0.686. The van der Waals surface area contributed by atoms with Crippen LogP contribution in [0.25, 0.3) is 0 Å². The zero-order valence-corrected chi connectivity index (χ0v) is 16.5. The van der Waals surface area contributed by atoms with Crippen LogP contribution in [-0.4, -0.2) is 44.5 Å². The van der Waals surface area contributed by atoms with Crippen molar-refractivity contribution in [2.24, 2.45) is 0 Å². The molecule has 0 unspecified atom stereocenters. The van der Waals surface area contributed by atoms with Crippen LogP contribution in [0.15, 0.2) is 5.16 Å². The van der Waals surface area contributed by atoms with Crippen molar-refractivity contribution in [3.63, 3.8) is 0 Å². The number of ether oxygens (including phenoxy) is 1. The number of hydrogen-bond acceptors (Lipinski definition) is 8. The Labute approximate surface area is 154 Å². The Kier molecular flexibility index (Phi) is 6.54. The van der Waals surface area contributed by atoms with Gasteiger partial charge in [-0.25, -0.2) is 9.78 Å². The Bertz CT molecular complexity index is 769. The van der Waals surface area contributed by atoms with E-state index in [1.54, 1.807) is 6.92 Å². The number of methoxy groups -OCH3 is 1. The van der Waals surface area contributed by atoms with Gasteiger partial charge in [0.25, 0.3) is 0 Å². The second-order valence-corrected chi connectivity index (χ2v) is 7.44. The minimum atomic E-state index is -0.456. The van der Waals surface area contributed by atoms with E-state index in [9.17, 15) is 9.59 Å². The van der Waals surface area contributed by atoms with Crippen molar-refractivity contribution in [2.45, 2.75) is 45.3 Å². The third-order valence-electron chi connectivity index (χ3n) is 3.32. The molecule has 25 heavy (non-hydrogen) atoms. The molecule has 0 aliphatic carbocycles. The number of anilines is 1. The molecule has 0 saturated heterocycles. The van der Waals surface area contributed by atoms with E-state index in [1.165, 1.54) is 18.9 Å². The van der Waals surface area contributed by atoms with E-state index in [1.807, 2.05) is 11.5 Å². The largest absolute Gasteiger partial charge is 0.465 e. The number of amides is 1. The van der Waals surface area contributed by atoms with E-state index in [0.29, 0.717) is 20.9 Å². The van der Waals surface area contributed by atoms with Crippen LogP contribution in [0.3, 0.4) is 0 Å². The summed E-state index contributed by atoms with van der Waals surface area (Å²) in [6.07, 6.45) is 0. The molecule has 1 N–H and O–H groups in total. The Balaban J connectivity index is 1.99. The zero-order valence-electron chi connectivity index (χ0n) is 14.8. The van der Waals surface area contributed by atoms with Crippen molar-refractivity contribution in [1.82, 2.24) is 19.7 Å². The molecule has 136 valence electrons. The van der Waals surface area contributed by atoms with Gasteiger partial charge in [0.05, 0.1) is 18.6 Å². The fourth-order valence-electron chi connectivity index (χ4n) is 2.15. The van der Waals surface area contributed by atoms with Gasteiger partial charge >= 0.3 is 5.97 Å². The van der Waals surface area contributed by atoms with Crippen LogP contribution in [0.4, 0.5) is 5.13 Å². The predicted octanol–water partition coefficient (Wildman–Crippen LogP) is 2.70. The summed E-state index contributed by atoms with van der Waals surface area (Å²) in [6, 6.07) is 0. The van der Waals surface area contributed by atoms with E-state index in [-0.39, 0.29) is 17.6 Å². The monoisotopic (exact) mass is 383 g/mol. The summed E-state index contributed by atoms with van der Waals surface area (Å²) >= 11 is 2.42. The van der Waals surface area contributed by atoms with Gasteiger partial charge in [-0.15, -0.1) is 10.2 Å². The van der Waals surface area contributed by atoms with Crippen LogP contribution >= 0.6 is 23.1 Å². The Hall–Kier alpha value is -1.94. The van der Waals surface area contributed by atoms with Crippen LogP contribution in [0.5, 0.6) is 0 Å². The second-order valence-electron chi connectivity index (χ2n) is 5.50. The molecule has 0 radical (unpaired) electrons. The number of thiazole rings is 1. The molecule has 2 heterocycles. The molecule has 0 aliphatic heterocycles. The fourth-order valence-corrected chi connectivity index (χ4v) is 3.86. The predicted molar refractivity (Wildman–Crippen MR) is 97.3 cm³/mol. The lowest BCUT2D eigenvalue weighted by atomic mass is 10.2. The van der Waals surface area contributed by atoms with Crippen LogP contribution in [0.2, 0.25) is 0 Å². The number of rotatable bonds is 7.